The molecule has 2 aromatic carbocycles. The summed E-state index contributed by atoms with van der Waals surface area (Å²) < 4.78 is 38.6. The van der Waals surface area contributed by atoms with Crippen molar-refractivity contribution in [3.05, 3.63) is 64.7 Å². The zero-order valence-corrected chi connectivity index (χ0v) is 14.7. The van der Waals surface area contributed by atoms with Crippen molar-refractivity contribution in [1.29, 1.82) is 0 Å². The molecule has 0 saturated carbocycles. The summed E-state index contributed by atoms with van der Waals surface area (Å²) in [6.45, 7) is 1.97. The number of anilines is 1. The SMILES string of the molecule is O=C(Cc1cccc(Cl)c1)N1CCN(c2cccc(C(F)(F)F)c2)CC1. The third kappa shape index (κ3) is 4.49. The Morgan fingerprint density at radius 3 is 2.35 bits per heavy atom. The first kappa shape index (κ1) is 18.6. The summed E-state index contributed by atoms with van der Waals surface area (Å²) in [5, 5.41) is 0.588. The number of piperazine rings is 1. The Morgan fingerprint density at radius 1 is 1.00 bits per heavy atom. The van der Waals surface area contributed by atoms with Crippen molar-refractivity contribution in [2.75, 3.05) is 31.1 Å². The molecule has 1 heterocycles. The first-order valence-electron chi connectivity index (χ1n) is 8.27. The van der Waals surface area contributed by atoms with E-state index in [1.54, 1.807) is 29.2 Å². The minimum Gasteiger partial charge on any atom is -0.368 e. The van der Waals surface area contributed by atoms with Crippen molar-refractivity contribution in [2.24, 2.45) is 0 Å². The Labute approximate surface area is 155 Å². The number of rotatable bonds is 3. The zero-order valence-electron chi connectivity index (χ0n) is 14.0. The molecular formula is C19H18ClF3N2O. The summed E-state index contributed by atoms with van der Waals surface area (Å²) in [7, 11) is 0. The van der Waals surface area contributed by atoms with Gasteiger partial charge in [-0.3, -0.25) is 4.79 Å². The fourth-order valence-electron chi connectivity index (χ4n) is 3.03. The highest BCUT2D eigenvalue weighted by atomic mass is 35.5. The molecular weight excluding hydrogens is 365 g/mol. The highest BCUT2D eigenvalue weighted by molar-refractivity contribution is 6.30. The molecule has 7 heteroatoms. The zero-order chi connectivity index (χ0) is 18.7. The number of hydrogen-bond donors (Lipinski definition) is 0. The van der Waals surface area contributed by atoms with Gasteiger partial charge >= 0.3 is 6.18 Å². The highest BCUT2D eigenvalue weighted by Crippen LogP contribution is 2.31. The van der Waals surface area contributed by atoms with Gasteiger partial charge in [-0.05, 0) is 35.9 Å². The molecule has 0 unspecified atom stereocenters. The number of alkyl halides is 3. The van der Waals surface area contributed by atoms with Gasteiger partial charge in [0, 0.05) is 36.9 Å². The van der Waals surface area contributed by atoms with Crippen molar-refractivity contribution < 1.29 is 18.0 Å². The molecule has 3 nitrogen and oxygen atoms in total. The Morgan fingerprint density at radius 2 is 1.69 bits per heavy atom. The molecule has 1 aliphatic rings. The van der Waals surface area contributed by atoms with Gasteiger partial charge in [0.25, 0.3) is 0 Å². The third-order valence-electron chi connectivity index (χ3n) is 4.42. The second kappa shape index (κ2) is 7.58. The maximum Gasteiger partial charge on any atom is 0.416 e. The van der Waals surface area contributed by atoms with Crippen molar-refractivity contribution in [3.63, 3.8) is 0 Å². The van der Waals surface area contributed by atoms with Gasteiger partial charge in [0.15, 0.2) is 0 Å². The summed E-state index contributed by atoms with van der Waals surface area (Å²) in [6.07, 6.45) is -4.09. The van der Waals surface area contributed by atoms with Gasteiger partial charge in [-0.2, -0.15) is 13.2 Å². The molecule has 2 aromatic rings. The predicted molar refractivity (Wildman–Crippen MR) is 95.4 cm³/mol. The van der Waals surface area contributed by atoms with Crippen LogP contribution in [-0.4, -0.2) is 37.0 Å². The summed E-state index contributed by atoms with van der Waals surface area (Å²) in [5.74, 6) is -0.00374. The number of halogens is 4. The van der Waals surface area contributed by atoms with Crippen LogP contribution in [0.4, 0.5) is 18.9 Å². The number of carbonyl (C=O) groups excluding carboxylic acids is 1. The summed E-state index contributed by atoms with van der Waals surface area (Å²) >= 11 is 5.93. The van der Waals surface area contributed by atoms with Gasteiger partial charge in [0.05, 0.1) is 12.0 Å². The topological polar surface area (TPSA) is 23.6 Å². The lowest BCUT2D eigenvalue weighted by Crippen LogP contribution is -2.49. The summed E-state index contributed by atoms with van der Waals surface area (Å²) in [6, 6.07) is 12.5. The smallest absolute Gasteiger partial charge is 0.368 e. The van der Waals surface area contributed by atoms with Crippen LogP contribution in [0.3, 0.4) is 0 Å². The first-order valence-corrected chi connectivity index (χ1v) is 8.65. The number of benzene rings is 2. The average molecular weight is 383 g/mol. The molecule has 0 aliphatic carbocycles. The van der Waals surface area contributed by atoms with Crippen LogP contribution in [0, 0.1) is 0 Å². The van der Waals surface area contributed by atoms with E-state index in [1.807, 2.05) is 11.0 Å². The number of nitrogens with zero attached hydrogens (tertiary/aromatic N) is 2. The molecule has 0 atom stereocenters. The van der Waals surface area contributed by atoms with Crippen LogP contribution in [0.2, 0.25) is 5.02 Å². The molecule has 3 rings (SSSR count). The number of carbonyl (C=O) groups is 1. The van der Waals surface area contributed by atoms with E-state index in [2.05, 4.69) is 0 Å². The molecule has 1 fully saturated rings. The summed E-state index contributed by atoms with van der Waals surface area (Å²) in [4.78, 5) is 16.0. The quantitative estimate of drug-likeness (QED) is 0.792. The van der Waals surface area contributed by atoms with E-state index >= 15 is 0 Å². The van der Waals surface area contributed by atoms with Crippen LogP contribution in [-0.2, 0) is 17.4 Å². The van der Waals surface area contributed by atoms with Crippen LogP contribution in [0.1, 0.15) is 11.1 Å². The van der Waals surface area contributed by atoms with Gasteiger partial charge in [-0.25, -0.2) is 0 Å². The lowest BCUT2D eigenvalue weighted by Gasteiger charge is -2.36. The Kier molecular flexibility index (Phi) is 5.41. The molecule has 0 spiro atoms. The fourth-order valence-corrected chi connectivity index (χ4v) is 3.24. The van der Waals surface area contributed by atoms with E-state index in [0.717, 1.165) is 17.7 Å². The average Bonchev–Trinajstić information content (AvgIpc) is 2.61. The van der Waals surface area contributed by atoms with E-state index in [9.17, 15) is 18.0 Å². The summed E-state index contributed by atoms with van der Waals surface area (Å²) in [5.41, 5.74) is 0.721. The molecule has 26 heavy (non-hydrogen) atoms. The van der Waals surface area contributed by atoms with Crippen LogP contribution in [0.25, 0.3) is 0 Å². The fraction of sp³-hybridized carbons (Fsp3) is 0.316. The Bertz CT molecular complexity index is 786. The van der Waals surface area contributed by atoms with E-state index in [4.69, 9.17) is 11.6 Å². The third-order valence-corrected chi connectivity index (χ3v) is 4.65. The van der Waals surface area contributed by atoms with Gasteiger partial charge in [0.2, 0.25) is 5.91 Å². The Balaban J connectivity index is 1.60. The predicted octanol–water partition coefficient (Wildman–Crippen LogP) is 4.25. The first-order chi connectivity index (χ1) is 12.3. The highest BCUT2D eigenvalue weighted by Gasteiger charge is 2.31. The van der Waals surface area contributed by atoms with Crippen molar-refractivity contribution in [3.8, 4) is 0 Å². The minimum atomic E-state index is -4.36. The normalized spacial score (nSPS) is 15.2. The molecule has 0 N–H and O–H groups in total. The van der Waals surface area contributed by atoms with Crippen molar-refractivity contribution in [2.45, 2.75) is 12.6 Å². The van der Waals surface area contributed by atoms with Crippen molar-refractivity contribution in [1.82, 2.24) is 4.90 Å². The van der Waals surface area contributed by atoms with Crippen LogP contribution in [0.5, 0.6) is 0 Å². The van der Waals surface area contributed by atoms with Gasteiger partial charge in [-0.15, -0.1) is 0 Å². The lowest BCUT2D eigenvalue weighted by molar-refractivity contribution is -0.137. The molecule has 138 valence electrons. The number of hydrogen-bond acceptors (Lipinski definition) is 2. The lowest BCUT2D eigenvalue weighted by atomic mass is 10.1. The maximum absolute atomic E-state index is 12.9. The van der Waals surface area contributed by atoms with Gasteiger partial charge in [-0.1, -0.05) is 29.8 Å². The molecule has 0 bridgehead atoms. The molecule has 1 aliphatic heterocycles. The largest absolute Gasteiger partial charge is 0.416 e. The molecule has 0 radical (unpaired) electrons. The maximum atomic E-state index is 12.9. The van der Waals surface area contributed by atoms with Gasteiger partial charge in [0.1, 0.15) is 0 Å². The monoisotopic (exact) mass is 382 g/mol. The molecule has 1 amide bonds. The van der Waals surface area contributed by atoms with Crippen LogP contribution in [0.15, 0.2) is 48.5 Å². The number of amides is 1. The minimum absolute atomic E-state index is 0.00374. The molecule has 1 saturated heterocycles. The van der Waals surface area contributed by atoms with E-state index in [1.165, 1.54) is 6.07 Å². The van der Waals surface area contributed by atoms with E-state index < -0.39 is 11.7 Å². The standard InChI is InChI=1S/C19H18ClF3N2O/c20-16-5-1-3-14(11-16)12-18(26)25-9-7-24(8-10-25)17-6-2-4-15(13-17)19(21,22)23/h1-6,11,13H,7-10,12H2. The second-order valence-electron chi connectivity index (χ2n) is 6.22. The Hall–Kier alpha value is -2.21. The van der Waals surface area contributed by atoms with E-state index in [-0.39, 0.29) is 12.3 Å². The molecule has 0 aromatic heterocycles. The van der Waals surface area contributed by atoms with Crippen LogP contribution >= 0.6 is 11.6 Å². The van der Waals surface area contributed by atoms with Crippen LogP contribution < -0.4 is 4.90 Å². The second-order valence-corrected chi connectivity index (χ2v) is 6.66. The van der Waals surface area contributed by atoms with E-state index in [0.29, 0.717) is 36.9 Å². The van der Waals surface area contributed by atoms with Crippen molar-refractivity contribution >= 4 is 23.2 Å². The van der Waals surface area contributed by atoms with Gasteiger partial charge < -0.3 is 9.80 Å².